The summed E-state index contributed by atoms with van der Waals surface area (Å²) in [6, 6.07) is 0.506. The molecule has 1 atom stereocenters. The molecule has 1 N–H and O–H groups in total. The molecular weight excluding hydrogens is 184 g/mol. The molecule has 1 aliphatic rings. The lowest BCUT2D eigenvalue weighted by Gasteiger charge is -2.11. The van der Waals surface area contributed by atoms with Crippen LogP contribution in [0.2, 0.25) is 0 Å². The lowest BCUT2D eigenvalue weighted by atomic mass is 10.2. The van der Waals surface area contributed by atoms with Gasteiger partial charge in [-0.1, -0.05) is 11.3 Å². The Morgan fingerprint density at radius 3 is 3.15 bits per heavy atom. The molecule has 4 heteroatoms. The van der Waals surface area contributed by atoms with Gasteiger partial charge in [0.05, 0.1) is 0 Å². The van der Waals surface area contributed by atoms with Gasteiger partial charge in [0.15, 0.2) is 0 Å². The summed E-state index contributed by atoms with van der Waals surface area (Å²) in [6.07, 6.45) is 2.43. The van der Waals surface area contributed by atoms with Crippen molar-refractivity contribution in [2.24, 2.45) is 0 Å². The third-order valence-corrected chi connectivity index (χ3v) is 3.42. The predicted octanol–water partition coefficient (Wildman–Crippen LogP) is 0.970. The molecule has 2 heterocycles. The monoisotopic (exact) mass is 198 g/mol. The zero-order valence-electron chi connectivity index (χ0n) is 7.75. The van der Waals surface area contributed by atoms with Crippen LogP contribution in [0.5, 0.6) is 0 Å². The Morgan fingerprint density at radius 2 is 2.62 bits per heavy atom. The number of rotatable bonds is 2. The number of aromatic nitrogens is 1. The number of hydrogen-bond acceptors (Lipinski definition) is 3. The van der Waals surface area contributed by atoms with E-state index in [0.29, 0.717) is 6.04 Å². The topological polar surface area (TPSA) is 34.0 Å². The molecule has 13 heavy (non-hydrogen) atoms. The van der Waals surface area contributed by atoms with E-state index in [4.69, 9.17) is 0 Å². The van der Waals surface area contributed by atoms with E-state index in [2.05, 4.69) is 5.32 Å². The molecule has 1 saturated heterocycles. The van der Waals surface area contributed by atoms with E-state index in [1.165, 1.54) is 24.2 Å². The van der Waals surface area contributed by atoms with Gasteiger partial charge in [0, 0.05) is 23.7 Å². The van der Waals surface area contributed by atoms with E-state index >= 15 is 0 Å². The maximum absolute atomic E-state index is 11.4. The highest BCUT2D eigenvalue weighted by atomic mass is 32.1. The van der Waals surface area contributed by atoms with Gasteiger partial charge in [-0.05, 0) is 26.3 Å². The maximum Gasteiger partial charge on any atom is 0.307 e. The van der Waals surface area contributed by atoms with Crippen LogP contribution in [0.4, 0.5) is 0 Å². The van der Waals surface area contributed by atoms with Crippen molar-refractivity contribution in [2.45, 2.75) is 32.4 Å². The van der Waals surface area contributed by atoms with Crippen molar-refractivity contribution in [3.05, 3.63) is 20.7 Å². The SMILES string of the molecule is Cc1csc(=O)n1C[C@H]1CCCN1. The summed E-state index contributed by atoms with van der Waals surface area (Å²) >= 11 is 1.29. The molecule has 0 bridgehead atoms. The zero-order chi connectivity index (χ0) is 9.26. The molecular formula is C9H14N2OS. The van der Waals surface area contributed by atoms with Gasteiger partial charge in [0.25, 0.3) is 0 Å². The normalized spacial score (nSPS) is 22.4. The molecule has 0 aliphatic carbocycles. The first-order valence-electron chi connectivity index (χ1n) is 4.65. The predicted molar refractivity (Wildman–Crippen MR) is 54.3 cm³/mol. The van der Waals surface area contributed by atoms with Gasteiger partial charge in [0.1, 0.15) is 0 Å². The van der Waals surface area contributed by atoms with Crippen molar-refractivity contribution < 1.29 is 0 Å². The lowest BCUT2D eigenvalue weighted by Crippen LogP contribution is -2.30. The van der Waals surface area contributed by atoms with E-state index in [-0.39, 0.29) is 4.87 Å². The fourth-order valence-corrected chi connectivity index (χ4v) is 2.50. The number of thiazole rings is 1. The van der Waals surface area contributed by atoms with Crippen LogP contribution in [-0.2, 0) is 6.54 Å². The zero-order valence-corrected chi connectivity index (χ0v) is 8.56. The number of nitrogens with zero attached hydrogens (tertiary/aromatic N) is 1. The molecule has 0 unspecified atom stereocenters. The highest BCUT2D eigenvalue weighted by Crippen LogP contribution is 2.08. The second-order valence-corrected chi connectivity index (χ2v) is 4.37. The minimum absolute atomic E-state index is 0.172. The maximum atomic E-state index is 11.4. The molecule has 0 saturated carbocycles. The van der Waals surface area contributed by atoms with Crippen LogP contribution < -0.4 is 10.2 Å². The molecule has 0 radical (unpaired) electrons. The third kappa shape index (κ3) is 1.84. The van der Waals surface area contributed by atoms with Crippen molar-refractivity contribution in [1.29, 1.82) is 0 Å². The molecule has 1 aromatic rings. The minimum Gasteiger partial charge on any atom is -0.312 e. The van der Waals surface area contributed by atoms with E-state index in [9.17, 15) is 4.79 Å². The lowest BCUT2D eigenvalue weighted by molar-refractivity contribution is 0.498. The molecule has 3 nitrogen and oxygen atoms in total. The fraction of sp³-hybridized carbons (Fsp3) is 0.667. The second kappa shape index (κ2) is 3.64. The molecule has 0 aromatic carbocycles. The van der Waals surface area contributed by atoms with Gasteiger partial charge < -0.3 is 9.88 Å². The first-order valence-corrected chi connectivity index (χ1v) is 5.53. The van der Waals surface area contributed by atoms with Gasteiger partial charge in [-0.15, -0.1) is 0 Å². The Morgan fingerprint density at radius 1 is 1.77 bits per heavy atom. The molecule has 1 fully saturated rings. The van der Waals surface area contributed by atoms with Crippen LogP contribution in [0.25, 0.3) is 0 Å². The molecule has 72 valence electrons. The summed E-state index contributed by atoms with van der Waals surface area (Å²) in [4.78, 5) is 11.6. The van der Waals surface area contributed by atoms with Gasteiger partial charge in [0.2, 0.25) is 0 Å². The molecule has 1 aliphatic heterocycles. The van der Waals surface area contributed by atoms with Gasteiger partial charge >= 0.3 is 4.87 Å². The Labute approximate surface area is 81.4 Å². The quantitative estimate of drug-likeness (QED) is 0.768. The Balaban J connectivity index is 2.12. The average molecular weight is 198 g/mol. The number of aryl methyl sites for hydroxylation is 1. The van der Waals surface area contributed by atoms with Crippen LogP contribution in [0.3, 0.4) is 0 Å². The number of nitrogens with one attached hydrogen (secondary N) is 1. The average Bonchev–Trinajstić information content (AvgIpc) is 2.70. The third-order valence-electron chi connectivity index (χ3n) is 2.54. The Kier molecular flexibility index (Phi) is 2.51. The van der Waals surface area contributed by atoms with E-state index in [1.54, 1.807) is 0 Å². The van der Waals surface area contributed by atoms with Crippen molar-refractivity contribution in [1.82, 2.24) is 9.88 Å². The summed E-state index contributed by atoms with van der Waals surface area (Å²) in [6.45, 7) is 3.93. The van der Waals surface area contributed by atoms with E-state index < -0.39 is 0 Å². The van der Waals surface area contributed by atoms with Crippen molar-refractivity contribution in [2.75, 3.05) is 6.54 Å². The van der Waals surface area contributed by atoms with Crippen LogP contribution in [0.15, 0.2) is 10.2 Å². The molecule has 2 rings (SSSR count). The van der Waals surface area contributed by atoms with Gasteiger partial charge in [-0.2, -0.15) is 0 Å². The molecule has 1 aromatic heterocycles. The summed E-state index contributed by atoms with van der Waals surface area (Å²) < 4.78 is 1.87. The van der Waals surface area contributed by atoms with Crippen molar-refractivity contribution >= 4 is 11.3 Å². The van der Waals surface area contributed by atoms with Crippen molar-refractivity contribution in [3.8, 4) is 0 Å². The van der Waals surface area contributed by atoms with Crippen LogP contribution in [-0.4, -0.2) is 17.2 Å². The smallest absolute Gasteiger partial charge is 0.307 e. The molecule has 0 amide bonds. The summed E-state index contributed by atoms with van der Waals surface area (Å²) in [5.41, 5.74) is 1.09. The first kappa shape index (κ1) is 8.97. The van der Waals surface area contributed by atoms with Crippen LogP contribution >= 0.6 is 11.3 Å². The van der Waals surface area contributed by atoms with E-state index in [0.717, 1.165) is 18.8 Å². The summed E-state index contributed by atoms with van der Waals surface area (Å²) in [5, 5.41) is 5.32. The van der Waals surface area contributed by atoms with Gasteiger partial charge in [-0.25, -0.2) is 0 Å². The minimum atomic E-state index is 0.172. The van der Waals surface area contributed by atoms with Crippen molar-refractivity contribution in [3.63, 3.8) is 0 Å². The largest absolute Gasteiger partial charge is 0.312 e. The summed E-state index contributed by atoms with van der Waals surface area (Å²) in [5.74, 6) is 0. The molecule has 0 spiro atoms. The first-order chi connectivity index (χ1) is 6.27. The second-order valence-electron chi connectivity index (χ2n) is 3.55. The summed E-state index contributed by atoms with van der Waals surface area (Å²) in [7, 11) is 0. The Hall–Kier alpha value is -0.610. The standard InChI is InChI=1S/C9H14N2OS/c1-7-6-13-9(12)11(7)5-8-3-2-4-10-8/h6,8,10H,2-5H2,1H3/t8-/m1/s1. The highest BCUT2D eigenvalue weighted by molar-refractivity contribution is 7.07. The fourth-order valence-electron chi connectivity index (χ4n) is 1.76. The van der Waals surface area contributed by atoms with Gasteiger partial charge in [-0.3, -0.25) is 4.79 Å². The highest BCUT2D eigenvalue weighted by Gasteiger charge is 2.15. The van der Waals surface area contributed by atoms with Crippen LogP contribution in [0, 0.1) is 6.92 Å². The van der Waals surface area contributed by atoms with Crippen LogP contribution in [0.1, 0.15) is 18.5 Å². The number of hydrogen-bond donors (Lipinski definition) is 1. The Bertz CT molecular complexity index is 336. The van der Waals surface area contributed by atoms with E-state index in [1.807, 2.05) is 16.9 Å².